The van der Waals surface area contributed by atoms with E-state index in [2.05, 4.69) is 15.4 Å². The number of nitro groups is 2. The summed E-state index contributed by atoms with van der Waals surface area (Å²) in [5.74, 6) is 0.290. The molecule has 166 valence electrons. The summed E-state index contributed by atoms with van der Waals surface area (Å²) < 4.78 is 5.81. The lowest BCUT2D eigenvalue weighted by Crippen LogP contribution is -2.52. The van der Waals surface area contributed by atoms with Crippen molar-refractivity contribution >= 4 is 81.1 Å². The van der Waals surface area contributed by atoms with Gasteiger partial charge in [0.2, 0.25) is 3.79 Å². The number of hydrogen-bond donors (Lipinski definition) is 3. The number of nitrogens with zero attached hydrogens (tertiary/aromatic N) is 2. The van der Waals surface area contributed by atoms with Crippen LogP contribution in [0, 0.1) is 20.2 Å². The van der Waals surface area contributed by atoms with Crippen molar-refractivity contribution in [1.29, 1.82) is 0 Å². The van der Waals surface area contributed by atoms with Crippen LogP contribution in [0.25, 0.3) is 0 Å². The number of methoxy groups -OCH3 is 1. The van der Waals surface area contributed by atoms with Gasteiger partial charge in [0.15, 0.2) is 5.11 Å². The van der Waals surface area contributed by atoms with E-state index in [4.69, 9.17) is 51.8 Å². The Morgan fingerprint density at radius 2 is 1.77 bits per heavy atom. The van der Waals surface area contributed by atoms with Crippen LogP contribution in [-0.2, 0) is 0 Å². The van der Waals surface area contributed by atoms with Crippen LogP contribution >= 0.6 is 59.0 Å². The Kier molecular flexibility index (Phi) is 8.91. The van der Waals surface area contributed by atoms with Gasteiger partial charge in [-0.1, -0.05) is 46.9 Å². The summed E-state index contributed by atoms with van der Waals surface area (Å²) >= 11 is 24.0. The summed E-state index contributed by atoms with van der Waals surface area (Å²) in [7, 11) is 1.38. The third-order valence-corrected chi connectivity index (χ3v) is 5.39. The van der Waals surface area contributed by atoms with Crippen LogP contribution in [0.3, 0.4) is 0 Å². The quantitative estimate of drug-likeness (QED) is 0.110. The van der Waals surface area contributed by atoms with E-state index >= 15 is 0 Å². The molecule has 0 aromatic heterocycles. The third-order valence-electron chi connectivity index (χ3n) is 3.60. The molecule has 2 rings (SSSR count). The SMILES string of the molecule is COc1ccc(NC(=S)N[C@@H](NSc2ccccc2[N+](=O)[O-])C(Cl)(Cl)Cl)c([N+](=O)[O-])c1. The molecular formula is C16H14Cl3N5O5S2. The Labute approximate surface area is 201 Å². The van der Waals surface area contributed by atoms with Crippen molar-refractivity contribution in [2.45, 2.75) is 14.9 Å². The molecule has 3 N–H and O–H groups in total. The van der Waals surface area contributed by atoms with Gasteiger partial charge < -0.3 is 15.4 Å². The molecule has 0 fully saturated rings. The molecule has 2 aromatic rings. The average molecular weight is 527 g/mol. The first kappa shape index (κ1) is 25.2. The molecule has 10 nitrogen and oxygen atoms in total. The second-order valence-electron chi connectivity index (χ2n) is 5.66. The van der Waals surface area contributed by atoms with Gasteiger partial charge in [0.1, 0.15) is 22.5 Å². The molecule has 0 saturated carbocycles. The van der Waals surface area contributed by atoms with Crippen molar-refractivity contribution in [3.63, 3.8) is 0 Å². The zero-order chi connectivity index (χ0) is 23.2. The lowest BCUT2D eigenvalue weighted by Gasteiger charge is -2.27. The van der Waals surface area contributed by atoms with E-state index in [1.807, 2.05) is 0 Å². The molecule has 15 heteroatoms. The average Bonchev–Trinajstić information content (AvgIpc) is 2.70. The molecule has 0 radical (unpaired) electrons. The normalized spacial score (nSPS) is 12.0. The van der Waals surface area contributed by atoms with E-state index in [0.717, 1.165) is 11.9 Å². The summed E-state index contributed by atoms with van der Waals surface area (Å²) in [6.07, 6.45) is -1.13. The fourth-order valence-corrected chi connectivity index (χ4v) is 3.80. The molecule has 0 unspecified atom stereocenters. The van der Waals surface area contributed by atoms with Gasteiger partial charge in [-0.05, 0) is 42.4 Å². The first-order chi connectivity index (χ1) is 14.5. The van der Waals surface area contributed by atoms with Gasteiger partial charge in [-0.3, -0.25) is 20.2 Å². The summed E-state index contributed by atoms with van der Waals surface area (Å²) in [5, 5.41) is 27.7. The Balaban J connectivity index is 2.14. The molecule has 31 heavy (non-hydrogen) atoms. The van der Waals surface area contributed by atoms with Crippen molar-refractivity contribution < 1.29 is 14.6 Å². The number of nitro benzene ring substituents is 2. The molecule has 0 spiro atoms. The van der Waals surface area contributed by atoms with Gasteiger partial charge in [-0.2, -0.15) is 0 Å². The number of anilines is 1. The van der Waals surface area contributed by atoms with Crippen LogP contribution in [0.2, 0.25) is 0 Å². The highest BCUT2D eigenvalue weighted by Gasteiger charge is 2.34. The molecule has 2 aromatic carbocycles. The van der Waals surface area contributed by atoms with Crippen molar-refractivity contribution in [1.82, 2.24) is 10.0 Å². The van der Waals surface area contributed by atoms with Gasteiger partial charge in [0, 0.05) is 6.07 Å². The Hall–Kier alpha value is -2.09. The van der Waals surface area contributed by atoms with Crippen molar-refractivity contribution in [2.24, 2.45) is 0 Å². The fraction of sp³-hybridized carbons (Fsp3) is 0.188. The minimum absolute atomic E-state index is 0.0812. The monoisotopic (exact) mass is 525 g/mol. The molecule has 0 heterocycles. The number of rotatable bonds is 8. The van der Waals surface area contributed by atoms with E-state index in [1.165, 1.54) is 43.5 Å². The molecule has 0 amide bonds. The predicted octanol–water partition coefficient (Wildman–Crippen LogP) is 4.79. The fourth-order valence-electron chi connectivity index (χ4n) is 2.18. The molecule has 0 aliphatic heterocycles. The van der Waals surface area contributed by atoms with Crippen LogP contribution in [0.5, 0.6) is 5.75 Å². The van der Waals surface area contributed by atoms with Crippen molar-refractivity contribution in [2.75, 3.05) is 12.4 Å². The number of thiocarbonyl (C=S) groups is 1. The number of ether oxygens (including phenoxy) is 1. The number of para-hydroxylation sites is 1. The van der Waals surface area contributed by atoms with E-state index in [9.17, 15) is 20.2 Å². The second-order valence-corrected chi connectivity index (χ2v) is 9.31. The summed E-state index contributed by atoms with van der Waals surface area (Å²) in [6, 6.07) is 10.1. The summed E-state index contributed by atoms with van der Waals surface area (Å²) in [4.78, 5) is 21.6. The Morgan fingerprint density at radius 3 is 2.35 bits per heavy atom. The van der Waals surface area contributed by atoms with Crippen LogP contribution in [0.4, 0.5) is 17.1 Å². The van der Waals surface area contributed by atoms with Crippen LogP contribution < -0.4 is 20.1 Å². The van der Waals surface area contributed by atoms with E-state index in [0.29, 0.717) is 0 Å². The van der Waals surface area contributed by atoms with Crippen molar-refractivity contribution in [3.8, 4) is 5.75 Å². The zero-order valence-corrected chi connectivity index (χ0v) is 19.4. The largest absolute Gasteiger partial charge is 0.496 e. The van der Waals surface area contributed by atoms with Crippen LogP contribution in [-0.4, -0.2) is 32.0 Å². The highest BCUT2D eigenvalue weighted by molar-refractivity contribution is 7.97. The third kappa shape index (κ3) is 7.23. The maximum atomic E-state index is 11.3. The minimum atomic E-state index is -1.94. The number of benzene rings is 2. The van der Waals surface area contributed by atoms with Gasteiger partial charge in [-0.25, -0.2) is 4.72 Å². The van der Waals surface area contributed by atoms with Crippen molar-refractivity contribution in [3.05, 3.63) is 62.7 Å². The predicted molar refractivity (Wildman–Crippen MR) is 125 cm³/mol. The molecule has 0 aliphatic carbocycles. The second kappa shape index (κ2) is 11.0. The smallest absolute Gasteiger partial charge is 0.296 e. The summed E-state index contributed by atoms with van der Waals surface area (Å²) in [5.41, 5.74) is -0.341. The first-order valence-corrected chi connectivity index (χ1v) is 10.5. The molecular weight excluding hydrogens is 513 g/mol. The minimum Gasteiger partial charge on any atom is -0.496 e. The standard InChI is InChI=1S/C16H14Cl3N5O5S2/c1-29-9-6-7-10(12(8-9)24(27)28)20-15(30)21-14(16(17,18)19)22-31-13-5-3-2-4-11(13)23(25)26/h2-8,14,22H,1H3,(H2,20,21,30)/t14-/m0/s1. The number of halogens is 3. The van der Waals surface area contributed by atoms with Crippen LogP contribution in [0.15, 0.2) is 47.4 Å². The zero-order valence-electron chi connectivity index (χ0n) is 15.5. The van der Waals surface area contributed by atoms with Gasteiger partial charge in [-0.15, -0.1) is 0 Å². The molecule has 1 atom stereocenters. The number of alkyl halides is 3. The number of hydrogen-bond acceptors (Lipinski definition) is 8. The maximum absolute atomic E-state index is 11.3. The highest BCUT2D eigenvalue weighted by Crippen LogP contribution is 2.33. The van der Waals surface area contributed by atoms with E-state index in [1.54, 1.807) is 6.07 Å². The highest BCUT2D eigenvalue weighted by atomic mass is 35.6. The Bertz CT molecular complexity index is 992. The molecule has 0 bridgehead atoms. The Morgan fingerprint density at radius 1 is 1.13 bits per heavy atom. The lowest BCUT2D eigenvalue weighted by molar-refractivity contribution is -0.387. The lowest BCUT2D eigenvalue weighted by atomic mass is 10.2. The number of nitrogens with one attached hydrogen (secondary N) is 3. The van der Waals surface area contributed by atoms with Gasteiger partial charge in [0.05, 0.1) is 23.0 Å². The topological polar surface area (TPSA) is 132 Å². The maximum Gasteiger partial charge on any atom is 0.296 e. The van der Waals surface area contributed by atoms with Gasteiger partial charge in [0.25, 0.3) is 11.4 Å². The van der Waals surface area contributed by atoms with E-state index < -0.39 is 19.8 Å². The van der Waals surface area contributed by atoms with Crippen LogP contribution in [0.1, 0.15) is 0 Å². The van der Waals surface area contributed by atoms with E-state index in [-0.39, 0.29) is 32.8 Å². The molecule has 0 aliphatic rings. The van der Waals surface area contributed by atoms with Gasteiger partial charge >= 0.3 is 0 Å². The molecule has 0 saturated heterocycles. The summed E-state index contributed by atoms with van der Waals surface area (Å²) in [6.45, 7) is 0. The first-order valence-electron chi connectivity index (χ1n) is 8.15.